The maximum atomic E-state index is 11.6. The van der Waals surface area contributed by atoms with Gasteiger partial charge in [0, 0.05) is 27.1 Å². The van der Waals surface area contributed by atoms with E-state index in [4.69, 9.17) is 5.73 Å². The summed E-state index contributed by atoms with van der Waals surface area (Å²) >= 11 is 0. The predicted molar refractivity (Wildman–Crippen MR) is 66.5 cm³/mol. The summed E-state index contributed by atoms with van der Waals surface area (Å²) in [4.78, 5) is 24.1. The van der Waals surface area contributed by atoms with Crippen LogP contribution in [-0.4, -0.2) is 43.4 Å². The smallest absolute Gasteiger partial charge is 0.239 e. The van der Waals surface area contributed by atoms with Crippen LogP contribution in [-0.2, 0) is 9.59 Å². The van der Waals surface area contributed by atoms with E-state index < -0.39 is 6.04 Å². The van der Waals surface area contributed by atoms with Crippen molar-refractivity contribution >= 4 is 24.2 Å². The van der Waals surface area contributed by atoms with Crippen molar-refractivity contribution in [2.24, 2.45) is 5.73 Å². The van der Waals surface area contributed by atoms with Gasteiger partial charge < -0.3 is 16.0 Å². The number of carbonyl (C=O) groups excluding carboxylic acids is 2. The molecule has 0 rings (SSSR count). The molecule has 0 heterocycles. The van der Waals surface area contributed by atoms with Gasteiger partial charge in [0.05, 0.1) is 6.04 Å². The van der Waals surface area contributed by atoms with E-state index in [1.807, 2.05) is 6.92 Å². The minimum absolute atomic E-state index is 0. The van der Waals surface area contributed by atoms with Crippen molar-refractivity contribution in [3.05, 3.63) is 0 Å². The molecule has 0 aliphatic rings. The SMILES string of the molecule is CCCC(N)C(=O)N(C)CCC(=O)NC.Cl. The Morgan fingerprint density at radius 3 is 2.44 bits per heavy atom. The Morgan fingerprint density at radius 1 is 1.44 bits per heavy atom. The summed E-state index contributed by atoms with van der Waals surface area (Å²) in [6, 6.07) is -0.440. The van der Waals surface area contributed by atoms with E-state index in [0.717, 1.165) is 6.42 Å². The molecular formula is C10H22ClN3O2. The molecule has 0 saturated carbocycles. The lowest BCUT2D eigenvalue weighted by Gasteiger charge is -2.20. The molecule has 0 aliphatic carbocycles. The van der Waals surface area contributed by atoms with E-state index in [2.05, 4.69) is 5.32 Å². The molecule has 0 bridgehead atoms. The van der Waals surface area contributed by atoms with Gasteiger partial charge in [0.25, 0.3) is 0 Å². The average molecular weight is 252 g/mol. The van der Waals surface area contributed by atoms with Crippen LogP contribution in [0.15, 0.2) is 0 Å². The lowest BCUT2D eigenvalue weighted by molar-refractivity contribution is -0.132. The van der Waals surface area contributed by atoms with Crippen LogP contribution in [0.3, 0.4) is 0 Å². The molecule has 1 atom stereocenters. The van der Waals surface area contributed by atoms with Gasteiger partial charge in [-0.25, -0.2) is 0 Å². The summed E-state index contributed by atoms with van der Waals surface area (Å²) in [6.07, 6.45) is 1.89. The molecule has 0 saturated heterocycles. The zero-order valence-electron chi connectivity index (χ0n) is 10.2. The quantitative estimate of drug-likeness (QED) is 0.705. The van der Waals surface area contributed by atoms with Gasteiger partial charge in [0.2, 0.25) is 11.8 Å². The van der Waals surface area contributed by atoms with Gasteiger partial charge in [-0.15, -0.1) is 12.4 Å². The van der Waals surface area contributed by atoms with E-state index in [-0.39, 0.29) is 24.2 Å². The van der Waals surface area contributed by atoms with Gasteiger partial charge >= 0.3 is 0 Å². The molecule has 16 heavy (non-hydrogen) atoms. The second-order valence-electron chi connectivity index (χ2n) is 3.58. The van der Waals surface area contributed by atoms with E-state index in [1.54, 1.807) is 14.1 Å². The van der Waals surface area contributed by atoms with Crippen LogP contribution in [0.4, 0.5) is 0 Å². The van der Waals surface area contributed by atoms with Gasteiger partial charge in [-0.3, -0.25) is 9.59 Å². The zero-order chi connectivity index (χ0) is 11.8. The van der Waals surface area contributed by atoms with Crippen LogP contribution < -0.4 is 11.1 Å². The highest BCUT2D eigenvalue weighted by molar-refractivity contribution is 5.85. The first-order chi connectivity index (χ1) is 7.02. The predicted octanol–water partition coefficient (Wildman–Crippen LogP) is 0.130. The van der Waals surface area contributed by atoms with Crippen molar-refractivity contribution in [2.45, 2.75) is 32.2 Å². The molecule has 96 valence electrons. The highest BCUT2D eigenvalue weighted by Gasteiger charge is 2.17. The Balaban J connectivity index is 0. The maximum absolute atomic E-state index is 11.6. The molecule has 0 radical (unpaired) electrons. The van der Waals surface area contributed by atoms with Crippen molar-refractivity contribution in [1.82, 2.24) is 10.2 Å². The summed E-state index contributed by atoms with van der Waals surface area (Å²) in [5.41, 5.74) is 5.68. The van der Waals surface area contributed by atoms with Crippen molar-refractivity contribution in [2.75, 3.05) is 20.6 Å². The second-order valence-corrected chi connectivity index (χ2v) is 3.58. The van der Waals surface area contributed by atoms with Gasteiger partial charge in [-0.2, -0.15) is 0 Å². The Labute approximate surface area is 103 Å². The van der Waals surface area contributed by atoms with Gasteiger partial charge in [-0.1, -0.05) is 13.3 Å². The molecule has 0 aromatic carbocycles. The Bertz CT molecular complexity index is 224. The normalized spacial score (nSPS) is 11.2. The number of amides is 2. The lowest BCUT2D eigenvalue weighted by atomic mass is 10.1. The maximum Gasteiger partial charge on any atom is 0.239 e. The molecule has 0 spiro atoms. The average Bonchev–Trinajstić information content (AvgIpc) is 2.24. The molecule has 5 nitrogen and oxygen atoms in total. The molecular weight excluding hydrogens is 230 g/mol. The second kappa shape index (κ2) is 9.42. The molecule has 0 aliphatic heterocycles. The molecule has 1 unspecified atom stereocenters. The standard InChI is InChI=1S/C10H21N3O2.ClH/c1-4-5-8(11)10(15)13(3)7-6-9(14)12-2;/h8H,4-7,11H2,1-3H3,(H,12,14);1H. The number of halogens is 1. The summed E-state index contributed by atoms with van der Waals surface area (Å²) < 4.78 is 0. The third-order valence-electron chi connectivity index (χ3n) is 2.25. The summed E-state index contributed by atoms with van der Waals surface area (Å²) in [5, 5.41) is 2.51. The molecule has 6 heteroatoms. The monoisotopic (exact) mass is 251 g/mol. The Hall–Kier alpha value is -0.810. The number of likely N-dealkylation sites (N-methyl/N-ethyl adjacent to an activating group) is 1. The van der Waals surface area contributed by atoms with Crippen molar-refractivity contribution in [1.29, 1.82) is 0 Å². The van der Waals surface area contributed by atoms with Crippen LogP contribution in [0.5, 0.6) is 0 Å². The molecule has 2 amide bonds. The number of hydrogen-bond acceptors (Lipinski definition) is 3. The van der Waals surface area contributed by atoms with Gasteiger partial charge in [0.1, 0.15) is 0 Å². The van der Waals surface area contributed by atoms with Crippen LogP contribution in [0.2, 0.25) is 0 Å². The van der Waals surface area contributed by atoms with E-state index in [9.17, 15) is 9.59 Å². The van der Waals surface area contributed by atoms with Gasteiger partial charge in [0.15, 0.2) is 0 Å². The van der Waals surface area contributed by atoms with Crippen LogP contribution >= 0.6 is 12.4 Å². The minimum Gasteiger partial charge on any atom is -0.359 e. The highest BCUT2D eigenvalue weighted by Crippen LogP contribution is 1.99. The van der Waals surface area contributed by atoms with E-state index >= 15 is 0 Å². The first kappa shape index (κ1) is 17.6. The first-order valence-corrected chi connectivity index (χ1v) is 5.24. The fraction of sp³-hybridized carbons (Fsp3) is 0.800. The Morgan fingerprint density at radius 2 is 2.00 bits per heavy atom. The number of hydrogen-bond donors (Lipinski definition) is 2. The third kappa shape index (κ3) is 6.63. The fourth-order valence-electron chi connectivity index (χ4n) is 1.22. The zero-order valence-corrected chi connectivity index (χ0v) is 11.0. The van der Waals surface area contributed by atoms with Crippen molar-refractivity contribution in [3.63, 3.8) is 0 Å². The fourth-order valence-corrected chi connectivity index (χ4v) is 1.22. The lowest BCUT2D eigenvalue weighted by Crippen LogP contribution is -2.42. The topological polar surface area (TPSA) is 75.4 Å². The number of nitrogens with one attached hydrogen (secondary N) is 1. The van der Waals surface area contributed by atoms with Crippen LogP contribution in [0.1, 0.15) is 26.2 Å². The van der Waals surface area contributed by atoms with Crippen molar-refractivity contribution in [3.8, 4) is 0 Å². The largest absolute Gasteiger partial charge is 0.359 e. The van der Waals surface area contributed by atoms with Crippen LogP contribution in [0, 0.1) is 0 Å². The number of rotatable bonds is 6. The van der Waals surface area contributed by atoms with Crippen LogP contribution in [0.25, 0.3) is 0 Å². The number of nitrogens with zero attached hydrogens (tertiary/aromatic N) is 1. The first-order valence-electron chi connectivity index (χ1n) is 5.24. The summed E-state index contributed by atoms with van der Waals surface area (Å²) in [5.74, 6) is -0.167. The summed E-state index contributed by atoms with van der Waals surface area (Å²) in [7, 11) is 3.24. The molecule has 0 fully saturated rings. The Kier molecular flexibility index (Phi) is 10.3. The number of nitrogens with two attached hydrogens (primary N) is 1. The van der Waals surface area contributed by atoms with E-state index in [0.29, 0.717) is 19.4 Å². The van der Waals surface area contributed by atoms with Crippen molar-refractivity contribution < 1.29 is 9.59 Å². The molecule has 0 aromatic rings. The van der Waals surface area contributed by atoms with E-state index in [1.165, 1.54) is 4.90 Å². The number of carbonyl (C=O) groups is 2. The molecule has 0 aromatic heterocycles. The molecule has 3 N–H and O–H groups in total. The third-order valence-corrected chi connectivity index (χ3v) is 2.25. The summed E-state index contributed by atoms with van der Waals surface area (Å²) in [6.45, 7) is 2.40. The van der Waals surface area contributed by atoms with Gasteiger partial charge in [-0.05, 0) is 6.42 Å². The highest BCUT2D eigenvalue weighted by atomic mass is 35.5. The minimum atomic E-state index is -0.440.